The summed E-state index contributed by atoms with van der Waals surface area (Å²) in [6.45, 7) is 8.74. The topological polar surface area (TPSA) is 95.7 Å². The van der Waals surface area contributed by atoms with Crippen molar-refractivity contribution in [2.24, 2.45) is 11.6 Å². The molecular formula is C21H29N3O2. The smallest absolute Gasteiger partial charge is 0.128 e. The average Bonchev–Trinajstić information content (AvgIpc) is 2.54. The zero-order valence-electron chi connectivity index (χ0n) is 15.9. The zero-order chi connectivity index (χ0) is 19.4. The van der Waals surface area contributed by atoms with Gasteiger partial charge in [0.1, 0.15) is 11.5 Å². The van der Waals surface area contributed by atoms with Gasteiger partial charge in [0.05, 0.1) is 12.2 Å². The normalized spacial score (nSPS) is 12.0. The molecule has 2 aromatic carbocycles. The van der Waals surface area contributed by atoms with Crippen LogP contribution in [0.25, 0.3) is 5.70 Å². The number of benzene rings is 2. The molecule has 2 rings (SSSR count). The molecule has 0 fully saturated rings. The molecule has 0 aliphatic rings. The molecule has 5 heteroatoms. The van der Waals surface area contributed by atoms with E-state index in [0.29, 0.717) is 23.7 Å². The Hall–Kier alpha value is -2.66. The van der Waals surface area contributed by atoms with Gasteiger partial charge in [-0.2, -0.15) is 0 Å². The van der Waals surface area contributed by atoms with Gasteiger partial charge in [0, 0.05) is 17.8 Å². The van der Waals surface area contributed by atoms with Crippen LogP contribution in [0.15, 0.2) is 42.6 Å². The quantitative estimate of drug-likeness (QED) is 0.464. The van der Waals surface area contributed by atoms with Crippen molar-refractivity contribution < 1.29 is 10.2 Å². The van der Waals surface area contributed by atoms with Gasteiger partial charge in [0.2, 0.25) is 0 Å². The third-order valence-corrected chi connectivity index (χ3v) is 4.39. The molecule has 0 bridgehead atoms. The summed E-state index contributed by atoms with van der Waals surface area (Å²) < 4.78 is 0. The van der Waals surface area contributed by atoms with Crippen molar-refractivity contribution in [2.45, 2.75) is 46.1 Å². The molecule has 0 aliphatic carbocycles. The first-order valence-corrected chi connectivity index (χ1v) is 8.82. The first kappa shape index (κ1) is 19.7. The van der Waals surface area contributed by atoms with Crippen LogP contribution in [-0.4, -0.2) is 15.2 Å². The Morgan fingerprint density at radius 1 is 1.00 bits per heavy atom. The van der Waals surface area contributed by atoms with Gasteiger partial charge in [-0.15, -0.1) is 0 Å². The van der Waals surface area contributed by atoms with Crippen LogP contribution in [-0.2, 0) is 6.54 Å². The molecule has 2 aromatic rings. The van der Waals surface area contributed by atoms with E-state index in [1.807, 2.05) is 26.0 Å². The fourth-order valence-corrected chi connectivity index (χ4v) is 2.80. The van der Waals surface area contributed by atoms with Gasteiger partial charge in [-0.25, -0.2) is 5.84 Å². The highest BCUT2D eigenvalue weighted by Crippen LogP contribution is 2.34. The SMILES string of the molecule is CC(C)c1ccc(CN(N)/C=C(\N)c2cc(C(C)C)c(O)cc2O)cc1. The number of phenols is 2. The average molecular weight is 355 g/mol. The van der Waals surface area contributed by atoms with E-state index in [1.165, 1.54) is 16.6 Å². The summed E-state index contributed by atoms with van der Waals surface area (Å²) in [7, 11) is 0. The Morgan fingerprint density at radius 3 is 2.15 bits per heavy atom. The van der Waals surface area contributed by atoms with E-state index >= 15 is 0 Å². The number of hydrazine groups is 1. The maximum absolute atomic E-state index is 10.1. The van der Waals surface area contributed by atoms with E-state index in [1.54, 1.807) is 12.3 Å². The number of hydrogen-bond acceptors (Lipinski definition) is 5. The minimum atomic E-state index is -0.0738. The Labute approximate surface area is 155 Å². The lowest BCUT2D eigenvalue weighted by atomic mass is 9.98. The molecule has 0 aliphatic heterocycles. The summed E-state index contributed by atoms with van der Waals surface area (Å²) >= 11 is 0. The molecular weight excluding hydrogens is 326 g/mol. The van der Waals surface area contributed by atoms with Crippen LogP contribution in [0.5, 0.6) is 11.5 Å². The minimum Gasteiger partial charge on any atom is -0.508 e. The minimum absolute atomic E-state index is 0.0592. The van der Waals surface area contributed by atoms with E-state index < -0.39 is 0 Å². The van der Waals surface area contributed by atoms with Gasteiger partial charge in [-0.1, -0.05) is 52.0 Å². The van der Waals surface area contributed by atoms with Gasteiger partial charge >= 0.3 is 0 Å². The van der Waals surface area contributed by atoms with E-state index in [9.17, 15) is 10.2 Å². The van der Waals surface area contributed by atoms with Crippen molar-refractivity contribution >= 4 is 5.70 Å². The maximum Gasteiger partial charge on any atom is 0.128 e. The number of nitrogens with two attached hydrogens (primary N) is 2. The number of nitrogens with zero attached hydrogens (tertiary/aromatic N) is 1. The van der Waals surface area contributed by atoms with Crippen molar-refractivity contribution in [2.75, 3.05) is 0 Å². The van der Waals surface area contributed by atoms with Gasteiger partial charge in [0.25, 0.3) is 0 Å². The summed E-state index contributed by atoms with van der Waals surface area (Å²) in [6.07, 6.45) is 1.59. The molecule has 5 nitrogen and oxygen atoms in total. The summed E-state index contributed by atoms with van der Waals surface area (Å²) in [5.41, 5.74) is 10.00. The molecule has 6 N–H and O–H groups in total. The second-order valence-electron chi connectivity index (χ2n) is 7.24. The van der Waals surface area contributed by atoms with Crippen LogP contribution in [0.1, 0.15) is 61.8 Å². The summed E-state index contributed by atoms with van der Waals surface area (Å²) in [6, 6.07) is 11.3. The van der Waals surface area contributed by atoms with Crippen LogP contribution in [0.2, 0.25) is 0 Å². The fourth-order valence-electron chi connectivity index (χ4n) is 2.80. The number of phenolic OH excluding ortho intramolecular Hbond substituents is 2. The Balaban J connectivity index is 2.19. The Kier molecular flexibility index (Phi) is 6.16. The molecule has 0 saturated carbocycles. The molecule has 0 radical (unpaired) electrons. The number of rotatable bonds is 6. The van der Waals surface area contributed by atoms with E-state index in [0.717, 1.165) is 11.1 Å². The Morgan fingerprint density at radius 2 is 1.62 bits per heavy atom. The van der Waals surface area contributed by atoms with Crippen molar-refractivity contribution in [1.29, 1.82) is 0 Å². The highest BCUT2D eigenvalue weighted by molar-refractivity contribution is 5.70. The third-order valence-electron chi connectivity index (χ3n) is 4.39. The van der Waals surface area contributed by atoms with Gasteiger partial charge in [-0.3, -0.25) is 0 Å². The molecule has 0 unspecified atom stereocenters. The molecule has 0 saturated heterocycles. The monoisotopic (exact) mass is 355 g/mol. The standard InChI is InChI=1S/C21H29N3O2/c1-13(2)16-7-5-15(6-8-16)11-24(23)12-19(22)18-9-17(14(3)4)20(25)10-21(18)26/h5-10,12-14,25-26H,11,22-23H2,1-4H3/b19-12-. The predicted octanol–water partition coefficient (Wildman–Crippen LogP) is 3.98. The van der Waals surface area contributed by atoms with Crippen LogP contribution < -0.4 is 11.6 Å². The van der Waals surface area contributed by atoms with Gasteiger partial charge in [-0.05, 0) is 34.6 Å². The largest absolute Gasteiger partial charge is 0.508 e. The third kappa shape index (κ3) is 4.70. The molecule has 0 heterocycles. The lowest BCUT2D eigenvalue weighted by Gasteiger charge is -2.17. The van der Waals surface area contributed by atoms with Crippen LogP contribution in [0.3, 0.4) is 0 Å². The van der Waals surface area contributed by atoms with E-state index in [4.69, 9.17) is 11.6 Å². The molecule has 0 aromatic heterocycles. The summed E-state index contributed by atoms with van der Waals surface area (Å²) in [5.74, 6) is 6.65. The van der Waals surface area contributed by atoms with Crippen LogP contribution in [0.4, 0.5) is 0 Å². The highest BCUT2D eigenvalue weighted by Gasteiger charge is 2.13. The lowest BCUT2D eigenvalue weighted by molar-refractivity contribution is 0.387. The second-order valence-corrected chi connectivity index (χ2v) is 7.24. The van der Waals surface area contributed by atoms with Crippen molar-refractivity contribution in [3.63, 3.8) is 0 Å². The first-order chi connectivity index (χ1) is 12.2. The molecule has 26 heavy (non-hydrogen) atoms. The Bertz CT molecular complexity index is 781. The molecule has 140 valence electrons. The predicted molar refractivity (Wildman–Crippen MR) is 106 cm³/mol. The summed E-state index contributed by atoms with van der Waals surface area (Å²) in [4.78, 5) is 0. The number of aromatic hydroxyl groups is 2. The van der Waals surface area contributed by atoms with Crippen molar-refractivity contribution in [3.05, 3.63) is 64.9 Å². The van der Waals surface area contributed by atoms with Crippen LogP contribution >= 0.6 is 0 Å². The second kappa shape index (κ2) is 8.15. The fraction of sp³-hybridized carbons (Fsp3) is 0.333. The van der Waals surface area contributed by atoms with E-state index in [2.05, 4.69) is 26.0 Å². The lowest BCUT2D eigenvalue weighted by Crippen LogP contribution is -2.25. The molecule has 0 amide bonds. The van der Waals surface area contributed by atoms with Crippen molar-refractivity contribution in [3.8, 4) is 11.5 Å². The zero-order valence-corrected chi connectivity index (χ0v) is 15.9. The van der Waals surface area contributed by atoms with Gasteiger partial charge in [0.15, 0.2) is 0 Å². The van der Waals surface area contributed by atoms with E-state index in [-0.39, 0.29) is 17.4 Å². The van der Waals surface area contributed by atoms with Crippen molar-refractivity contribution in [1.82, 2.24) is 5.01 Å². The molecule has 0 spiro atoms. The number of hydrogen-bond donors (Lipinski definition) is 4. The maximum atomic E-state index is 10.1. The first-order valence-electron chi connectivity index (χ1n) is 8.82. The molecule has 0 atom stereocenters. The highest BCUT2D eigenvalue weighted by atomic mass is 16.3. The van der Waals surface area contributed by atoms with Gasteiger partial charge < -0.3 is 21.0 Å². The summed E-state index contributed by atoms with van der Waals surface area (Å²) in [5, 5.41) is 21.6. The van der Waals surface area contributed by atoms with Crippen LogP contribution in [0, 0.1) is 0 Å².